The summed E-state index contributed by atoms with van der Waals surface area (Å²) in [7, 11) is 0. The van der Waals surface area contributed by atoms with E-state index in [-0.39, 0.29) is 5.92 Å². The Morgan fingerprint density at radius 1 is 1.25 bits per heavy atom. The number of allylic oxidation sites excluding steroid dienone is 1. The molecule has 0 spiro atoms. The van der Waals surface area contributed by atoms with Crippen molar-refractivity contribution >= 4 is 5.78 Å². The second-order valence-electron chi connectivity index (χ2n) is 4.77. The molecule has 0 heterocycles. The van der Waals surface area contributed by atoms with Crippen molar-refractivity contribution in [1.82, 2.24) is 0 Å². The lowest BCUT2D eigenvalue weighted by Gasteiger charge is -2.34. The van der Waals surface area contributed by atoms with E-state index in [0.717, 1.165) is 12.3 Å². The van der Waals surface area contributed by atoms with Crippen LogP contribution in [0.5, 0.6) is 0 Å². The maximum absolute atomic E-state index is 11.8. The predicted octanol–water partition coefficient (Wildman–Crippen LogP) is 2.18. The van der Waals surface area contributed by atoms with E-state index in [0.29, 0.717) is 17.6 Å². The van der Waals surface area contributed by atoms with Gasteiger partial charge in [-0.2, -0.15) is 0 Å². The number of hydrogen-bond acceptors (Lipinski definition) is 1. The van der Waals surface area contributed by atoms with Crippen LogP contribution < -0.4 is 0 Å². The fourth-order valence-electron chi connectivity index (χ4n) is 3.67. The highest BCUT2D eigenvalue weighted by Crippen LogP contribution is 2.54. The van der Waals surface area contributed by atoms with Gasteiger partial charge >= 0.3 is 0 Å². The first-order valence-electron chi connectivity index (χ1n) is 4.97. The molecule has 4 atom stereocenters. The van der Waals surface area contributed by atoms with Crippen molar-refractivity contribution in [3.8, 4) is 0 Å². The van der Waals surface area contributed by atoms with Crippen LogP contribution in [0, 0.1) is 23.7 Å². The van der Waals surface area contributed by atoms with Crippen LogP contribution in [0.15, 0.2) is 12.2 Å². The van der Waals surface area contributed by atoms with Crippen molar-refractivity contribution in [2.45, 2.75) is 25.7 Å². The van der Waals surface area contributed by atoms with E-state index in [1.807, 2.05) is 0 Å². The molecule has 0 N–H and O–H groups in total. The summed E-state index contributed by atoms with van der Waals surface area (Å²) in [6.07, 6.45) is 4.80. The first kappa shape index (κ1) is 6.88. The number of ketones is 1. The Morgan fingerprint density at radius 3 is 2.92 bits per heavy atom. The van der Waals surface area contributed by atoms with E-state index in [4.69, 9.17) is 0 Å². The summed E-state index contributed by atoms with van der Waals surface area (Å²) in [5.41, 5.74) is 1.25. The number of carbonyl (C=O) groups excluding carboxylic acids is 1. The Balaban J connectivity index is 2.08. The lowest BCUT2D eigenvalue weighted by Crippen LogP contribution is -2.25. The first-order valence-corrected chi connectivity index (χ1v) is 4.97. The number of hydrogen-bond donors (Lipinski definition) is 0. The van der Waals surface area contributed by atoms with E-state index in [9.17, 15) is 4.79 Å². The van der Waals surface area contributed by atoms with E-state index in [1.54, 1.807) is 0 Å². The van der Waals surface area contributed by atoms with Crippen LogP contribution in [0.25, 0.3) is 0 Å². The molecule has 3 rings (SSSR count). The van der Waals surface area contributed by atoms with Gasteiger partial charge in [-0.25, -0.2) is 0 Å². The van der Waals surface area contributed by atoms with Crippen LogP contribution >= 0.6 is 0 Å². The maximum Gasteiger partial charge on any atom is 0.143 e. The van der Waals surface area contributed by atoms with Gasteiger partial charge in [0.05, 0.1) is 0 Å². The van der Waals surface area contributed by atoms with E-state index >= 15 is 0 Å². The monoisotopic (exact) mass is 162 g/mol. The molecule has 4 unspecified atom stereocenters. The van der Waals surface area contributed by atoms with Gasteiger partial charge in [0.2, 0.25) is 0 Å². The highest BCUT2D eigenvalue weighted by Gasteiger charge is 2.51. The number of carbonyl (C=O) groups is 1. The van der Waals surface area contributed by atoms with Gasteiger partial charge in [0.25, 0.3) is 0 Å². The summed E-state index contributed by atoms with van der Waals surface area (Å²) < 4.78 is 0. The Kier molecular flexibility index (Phi) is 1.15. The number of rotatable bonds is 0. The summed E-state index contributed by atoms with van der Waals surface area (Å²) >= 11 is 0. The average Bonchev–Trinajstić information content (AvgIpc) is 2.18. The topological polar surface area (TPSA) is 17.1 Å². The number of fused-ring (bicyclic) bond motifs is 2. The molecule has 3 aliphatic carbocycles. The van der Waals surface area contributed by atoms with Crippen LogP contribution in [-0.4, -0.2) is 5.78 Å². The lowest BCUT2D eigenvalue weighted by atomic mass is 9.70. The van der Waals surface area contributed by atoms with E-state index < -0.39 is 0 Å². The zero-order chi connectivity index (χ0) is 8.29. The third-order valence-corrected chi connectivity index (χ3v) is 4.01. The standard InChI is InChI=1S/C11H14O/c1-6-2-7-3-8-5-9(4-7)11(12)10(6)8/h7-10H,1-5H2. The average molecular weight is 162 g/mol. The molecule has 1 heteroatoms. The Bertz CT molecular complexity index is 266. The zero-order valence-corrected chi connectivity index (χ0v) is 7.25. The molecular weight excluding hydrogens is 148 g/mol. The molecule has 3 bridgehead atoms. The maximum atomic E-state index is 11.8. The van der Waals surface area contributed by atoms with Crippen LogP contribution in [0.4, 0.5) is 0 Å². The quantitative estimate of drug-likeness (QED) is 0.499. The smallest absolute Gasteiger partial charge is 0.143 e. The molecule has 0 aromatic heterocycles. The summed E-state index contributed by atoms with van der Waals surface area (Å²) in [5, 5.41) is 0. The highest BCUT2D eigenvalue weighted by atomic mass is 16.1. The first-order chi connectivity index (χ1) is 5.75. The predicted molar refractivity (Wildman–Crippen MR) is 46.6 cm³/mol. The summed E-state index contributed by atoms with van der Waals surface area (Å²) in [5.74, 6) is 2.75. The van der Waals surface area contributed by atoms with Gasteiger partial charge < -0.3 is 0 Å². The van der Waals surface area contributed by atoms with Crippen LogP contribution in [-0.2, 0) is 4.79 Å². The SMILES string of the molecule is C=C1CC2CC3CC(C2)C1C3=O. The van der Waals surface area contributed by atoms with E-state index in [1.165, 1.54) is 24.8 Å². The molecular formula is C11H14O. The second kappa shape index (κ2) is 2.01. The zero-order valence-electron chi connectivity index (χ0n) is 7.25. The van der Waals surface area contributed by atoms with Gasteiger partial charge in [-0.05, 0) is 37.5 Å². The normalized spacial score (nSPS) is 50.3. The van der Waals surface area contributed by atoms with Gasteiger partial charge in [-0.1, -0.05) is 12.2 Å². The molecule has 0 saturated heterocycles. The highest BCUT2D eigenvalue weighted by molar-refractivity contribution is 5.89. The third kappa shape index (κ3) is 0.675. The summed E-state index contributed by atoms with van der Waals surface area (Å²) in [6, 6.07) is 0. The molecule has 64 valence electrons. The van der Waals surface area contributed by atoms with Crippen LogP contribution in [0.2, 0.25) is 0 Å². The van der Waals surface area contributed by atoms with Gasteiger partial charge in [0.1, 0.15) is 5.78 Å². The van der Waals surface area contributed by atoms with Crippen molar-refractivity contribution in [2.24, 2.45) is 23.7 Å². The molecule has 0 radical (unpaired) electrons. The minimum Gasteiger partial charge on any atom is -0.299 e. The lowest BCUT2D eigenvalue weighted by molar-refractivity contribution is -0.122. The molecule has 3 saturated carbocycles. The second-order valence-corrected chi connectivity index (χ2v) is 4.77. The minimum atomic E-state index is 0.286. The van der Waals surface area contributed by atoms with Crippen molar-refractivity contribution in [2.75, 3.05) is 0 Å². The van der Waals surface area contributed by atoms with Gasteiger partial charge in [0.15, 0.2) is 0 Å². The minimum absolute atomic E-state index is 0.286. The van der Waals surface area contributed by atoms with Crippen LogP contribution in [0.1, 0.15) is 25.7 Å². The number of Topliss-reactive ketones (excluding diaryl/α,β-unsaturated/α-hetero) is 1. The molecule has 0 aromatic rings. The Labute approximate surface area is 72.8 Å². The van der Waals surface area contributed by atoms with Gasteiger partial charge in [-0.3, -0.25) is 4.79 Å². The van der Waals surface area contributed by atoms with Crippen molar-refractivity contribution in [1.29, 1.82) is 0 Å². The third-order valence-electron chi connectivity index (χ3n) is 4.01. The largest absolute Gasteiger partial charge is 0.299 e. The summed E-state index contributed by atoms with van der Waals surface area (Å²) in [6.45, 7) is 4.06. The Hall–Kier alpha value is -0.590. The molecule has 0 aromatic carbocycles. The molecule has 1 nitrogen and oxygen atoms in total. The van der Waals surface area contributed by atoms with Gasteiger partial charge in [0, 0.05) is 11.8 Å². The van der Waals surface area contributed by atoms with Crippen molar-refractivity contribution in [3.63, 3.8) is 0 Å². The van der Waals surface area contributed by atoms with E-state index in [2.05, 4.69) is 6.58 Å². The molecule has 12 heavy (non-hydrogen) atoms. The molecule has 0 aliphatic heterocycles. The van der Waals surface area contributed by atoms with Crippen LogP contribution in [0.3, 0.4) is 0 Å². The van der Waals surface area contributed by atoms with Crippen molar-refractivity contribution in [3.05, 3.63) is 12.2 Å². The molecule has 0 amide bonds. The summed E-state index contributed by atoms with van der Waals surface area (Å²) in [4.78, 5) is 11.8. The van der Waals surface area contributed by atoms with Crippen molar-refractivity contribution < 1.29 is 4.79 Å². The molecule has 3 aliphatic rings. The Morgan fingerprint density at radius 2 is 2.08 bits per heavy atom. The fraction of sp³-hybridized carbons (Fsp3) is 0.727. The molecule has 3 fully saturated rings. The van der Waals surface area contributed by atoms with Gasteiger partial charge in [-0.15, -0.1) is 0 Å². The fourth-order valence-corrected chi connectivity index (χ4v) is 3.67.